The van der Waals surface area contributed by atoms with Gasteiger partial charge in [0.15, 0.2) is 0 Å². The minimum atomic E-state index is -0.341. The first-order chi connectivity index (χ1) is 11.7. The normalized spacial score (nSPS) is 10.2. The van der Waals surface area contributed by atoms with Crippen LogP contribution in [0, 0.1) is 11.3 Å². The van der Waals surface area contributed by atoms with Crippen LogP contribution in [0.2, 0.25) is 0 Å². The Hall–Kier alpha value is -3.39. The summed E-state index contributed by atoms with van der Waals surface area (Å²) in [5, 5.41) is 9.38. The van der Waals surface area contributed by atoms with Gasteiger partial charge in [0.2, 0.25) is 0 Å². The zero-order valence-corrected chi connectivity index (χ0v) is 13.1. The summed E-state index contributed by atoms with van der Waals surface area (Å²) < 4.78 is 6.84. The summed E-state index contributed by atoms with van der Waals surface area (Å²) in [7, 11) is 0. The standard InChI is InChI=1S/C19H15N3O2/c1-2-24-19(23)15-3-5-17(6-4-15)22-12-16(11-20)18(13-22)14-7-9-21-10-8-14/h3-10,12-13H,2H2,1H3. The van der Waals surface area contributed by atoms with Crippen molar-refractivity contribution in [2.45, 2.75) is 6.92 Å². The van der Waals surface area contributed by atoms with Crippen molar-refractivity contribution in [2.24, 2.45) is 0 Å². The van der Waals surface area contributed by atoms with Crippen LogP contribution in [0.5, 0.6) is 0 Å². The van der Waals surface area contributed by atoms with Gasteiger partial charge in [0.25, 0.3) is 0 Å². The van der Waals surface area contributed by atoms with Crippen molar-refractivity contribution in [3.63, 3.8) is 0 Å². The zero-order valence-electron chi connectivity index (χ0n) is 13.1. The number of hydrogen-bond acceptors (Lipinski definition) is 4. The van der Waals surface area contributed by atoms with Crippen LogP contribution in [0.3, 0.4) is 0 Å². The van der Waals surface area contributed by atoms with E-state index in [4.69, 9.17) is 4.74 Å². The van der Waals surface area contributed by atoms with Crippen molar-refractivity contribution in [2.75, 3.05) is 6.61 Å². The van der Waals surface area contributed by atoms with Gasteiger partial charge >= 0.3 is 5.97 Å². The van der Waals surface area contributed by atoms with Crippen molar-refractivity contribution in [1.29, 1.82) is 5.26 Å². The van der Waals surface area contributed by atoms with Gasteiger partial charge in [0.1, 0.15) is 6.07 Å². The van der Waals surface area contributed by atoms with Gasteiger partial charge in [-0.1, -0.05) is 0 Å². The first-order valence-electron chi connectivity index (χ1n) is 7.53. The number of rotatable bonds is 4. The largest absolute Gasteiger partial charge is 0.462 e. The van der Waals surface area contributed by atoms with Crippen LogP contribution in [0.4, 0.5) is 0 Å². The number of nitriles is 1. The van der Waals surface area contributed by atoms with E-state index in [1.165, 1.54) is 0 Å². The average Bonchev–Trinajstić information content (AvgIpc) is 3.07. The number of aromatic nitrogens is 2. The van der Waals surface area contributed by atoms with E-state index in [2.05, 4.69) is 11.1 Å². The number of pyridine rings is 1. The lowest BCUT2D eigenvalue weighted by atomic mass is 10.1. The molecule has 24 heavy (non-hydrogen) atoms. The highest BCUT2D eigenvalue weighted by Gasteiger charge is 2.11. The summed E-state index contributed by atoms with van der Waals surface area (Å²) in [5.41, 5.74) is 3.72. The molecule has 3 rings (SSSR count). The van der Waals surface area contributed by atoms with E-state index in [1.807, 2.05) is 35.0 Å². The van der Waals surface area contributed by atoms with Crippen LogP contribution < -0.4 is 0 Å². The van der Waals surface area contributed by atoms with Crippen LogP contribution >= 0.6 is 0 Å². The number of esters is 1. The van der Waals surface area contributed by atoms with Gasteiger partial charge in [-0.3, -0.25) is 4.98 Å². The number of nitrogens with zero attached hydrogens (tertiary/aromatic N) is 3. The third-order valence-corrected chi connectivity index (χ3v) is 3.61. The molecule has 0 unspecified atom stereocenters. The monoisotopic (exact) mass is 317 g/mol. The van der Waals surface area contributed by atoms with Crippen LogP contribution in [0.15, 0.2) is 61.2 Å². The molecule has 0 saturated carbocycles. The fourth-order valence-electron chi connectivity index (χ4n) is 2.44. The Morgan fingerprint density at radius 3 is 2.50 bits per heavy atom. The second kappa shape index (κ2) is 6.80. The predicted molar refractivity (Wildman–Crippen MR) is 89.7 cm³/mol. The third-order valence-electron chi connectivity index (χ3n) is 3.61. The molecule has 0 aliphatic rings. The highest BCUT2D eigenvalue weighted by molar-refractivity contribution is 5.89. The van der Waals surface area contributed by atoms with Gasteiger partial charge in [0.05, 0.1) is 17.7 Å². The second-order valence-corrected chi connectivity index (χ2v) is 5.11. The molecule has 0 fully saturated rings. The smallest absolute Gasteiger partial charge is 0.338 e. The molecule has 3 aromatic rings. The molecule has 1 aromatic carbocycles. The molecule has 0 radical (unpaired) electrons. The van der Waals surface area contributed by atoms with E-state index in [9.17, 15) is 10.1 Å². The van der Waals surface area contributed by atoms with Gasteiger partial charge in [-0.2, -0.15) is 5.26 Å². The highest BCUT2D eigenvalue weighted by atomic mass is 16.5. The van der Waals surface area contributed by atoms with Crippen molar-refractivity contribution in [1.82, 2.24) is 9.55 Å². The summed E-state index contributed by atoms with van der Waals surface area (Å²) in [5.74, 6) is -0.341. The lowest BCUT2D eigenvalue weighted by Gasteiger charge is -2.05. The van der Waals surface area contributed by atoms with Gasteiger partial charge in [0, 0.05) is 36.0 Å². The summed E-state index contributed by atoms with van der Waals surface area (Å²) in [6.45, 7) is 2.12. The molecule has 0 bridgehead atoms. The molecule has 0 aliphatic carbocycles. The van der Waals surface area contributed by atoms with E-state index in [0.29, 0.717) is 17.7 Å². The van der Waals surface area contributed by atoms with Crippen molar-refractivity contribution >= 4 is 5.97 Å². The van der Waals surface area contributed by atoms with E-state index < -0.39 is 0 Å². The summed E-state index contributed by atoms with van der Waals surface area (Å²) in [6.07, 6.45) is 7.06. The summed E-state index contributed by atoms with van der Waals surface area (Å²) >= 11 is 0. The Morgan fingerprint density at radius 2 is 1.88 bits per heavy atom. The fraction of sp³-hybridized carbons (Fsp3) is 0.105. The van der Waals surface area contributed by atoms with Gasteiger partial charge in [-0.15, -0.1) is 0 Å². The molecule has 5 nitrogen and oxygen atoms in total. The minimum absolute atomic E-state index is 0.341. The van der Waals surface area contributed by atoms with E-state index in [0.717, 1.165) is 16.8 Å². The number of hydrogen-bond donors (Lipinski definition) is 0. The Kier molecular flexibility index (Phi) is 4.39. The topological polar surface area (TPSA) is 67.9 Å². The van der Waals surface area contributed by atoms with Crippen LogP contribution in [0.25, 0.3) is 16.8 Å². The summed E-state index contributed by atoms with van der Waals surface area (Å²) in [6, 6.07) is 13.0. The number of carbonyl (C=O) groups excluding carboxylic acids is 1. The van der Waals surface area contributed by atoms with Gasteiger partial charge in [-0.05, 0) is 48.9 Å². The van der Waals surface area contributed by atoms with Crippen LogP contribution in [-0.4, -0.2) is 22.1 Å². The van der Waals surface area contributed by atoms with Crippen LogP contribution in [0.1, 0.15) is 22.8 Å². The van der Waals surface area contributed by atoms with Crippen molar-refractivity contribution in [3.8, 4) is 22.9 Å². The number of carbonyl (C=O) groups is 1. The van der Waals surface area contributed by atoms with Crippen molar-refractivity contribution < 1.29 is 9.53 Å². The first-order valence-corrected chi connectivity index (χ1v) is 7.53. The SMILES string of the molecule is CCOC(=O)c1ccc(-n2cc(C#N)c(-c3ccncc3)c2)cc1. The van der Waals surface area contributed by atoms with Crippen LogP contribution in [-0.2, 0) is 4.74 Å². The maximum atomic E-state index is 11.7. The first kappa shape index (κ1) is 15.5. The molecule has 0 aliphatic heterocycles. The third kappa shape index (κ3) is 3.03. The fourth-order valence-corrected chi connectivity index (χ4v) is 2.44. The average molecular weight is 317 g/mol. The molecule has 0 N–H and O–H groups in total. The number of benzene rings is 1. The summed E-state index contributed by atoms with van der Waals surface area (Å²) in [4.78, 5) is 15.7. The lowest BCUT2D eigenvalue weighted by molar-refractivity contribution is 0.0526. The maximum Gasteiger partial charge on any atom is 0.338 e. The quantitative estimate of drug-likeness (QED) is 0.690. The molecule has 0 atom stereocenters. The highest BCUT2D eigenvalue weighted by Crippen LogP contribution is 2.25. The molecule has 5 heteroatoms. The Labute approximate surface area is 139 Å². The second-order valence-electron chi connectivity index (χ2n) is 5.11. The minimum Gasteiger partial charge on any atom is -0.462 e. The van der Waals surface area contributed by atoms with Gasteiger partial charge in [-0.25, -0.2) is 4.79 Å². The van der Waals surface area contributed by atoms with Gasteiger partial charge < -0.3 is 9.30 Å². The van der Waals surface area contributed by atoms with Crippen molar-refractivity contribution in [3.05, 3.63) is 72.3 Å². The predicted octanol–water partition coefficient (Wildman–Crippen LogP) is 3.59. The molecular weight excluding hydrogens is 302 g/mol. The molecule has 0 saturated heterocycles. The molecular formula is C19H15N3O2. The Bertz CT molecular complexity index is 891. The number of ether oxygens (including phenoxy) is 1. The van der Waals surface area contributed by atoms with E-state index in [-0.39, 0.29) is 5.97 Å². The lowest BCUT2D eigenvalue weighted by Crippen LogP contribution is -2.04. The zero-order chi connectivity index (χ0) is 16.9. The maximum absolute atomic E-state index is 11.7. The van der Waals surface area contributed by atoms with E-state index >= 15 is 0 Å². The Morgan fingerprint density at radius 1 is 1.17 bits per heavy atom. The molecule has 118 valence electrons. The molecule has 0 spiro atoms. The molecule has 2 aromatic heterocycles. The molecule has 0 amide bonds. The molecule has 2 heterocycles. The Balaban J connectivity index is 1.95. The van der Waals surface area contributed by atoms with E-state index in [1.54, 1.807) is 37.6 Å².